The molecule has 0 bridgehead atoms. The zero-order valence-electron chi connectivity index (χ0n) is 22.3. The Bertz CT molecular complexity index is 2490. The van der Waals surface area contributed by atoms with Crippen molar-refractivity contribution >= 4 is 65.4 Å². The average Bonchev–Trinajstić information content (AvgIpc) is 3.57. The minimum absolute atomic E-state index is 0.656. The second-order valence-corrected chi connectivity index (χ2v) is 10.7. The zero-order chi connectivity index (χ0) is 27.1. The predicted molar refractivity (Wildman–Crippen MR) is 169 cm³/mol. The van der Waals surface area contributed by atoms with Crippen molar-refractivity contribution in [1.82, 2.24) is 14.5 Å². The zero-order valence-corrected chi connectivity index (χ0v) is 22.3. The molecule has 0 amide bonds. The number of aryl methyl sites for hydroxylation is 1. The maximum atomic E-state index is 6.56. The molecular formula is C37H23N3O. The molecule has 0 N–H and O–H groups in total. The van der Waals surface area contributed by atoms with Crippen LogP contribution >= 0.6 is 0 Å². The topological polar surface area (TPSA) is 43.9 Å². The molecule has 4 heteroatoms. The summed E-state index contributed by atoms with van der Waals surface area (Å²) in [6.45, 7) is 2.15. The maximum absolute atomic E-state index is 6.56. The van der Waals surface area contributed by atoms with Gasteiger partial charge >= 0.3 is 0 Å². The average molecular weight is 526 g/mol. The fourth-order valence-electron chi connectivity index (χ4n) is 6.47. The van der Waals surface area contributed by atoms with Gasteiger partial charge in [0.25, 0.3) is 0 Å². The highest BCUT2D eigenvalue weighted by atomic mass is 16.3. The van der Waals surface area contributed by atoms with Crippen LogP contribution in [0.25, 0.3) is 82.6 Å². The second kappa shape index (κ2) is 8.26. The fourth-order valence-corrected chi connectivity index (χ4v) is 6.47. The molecule has 9 rings (SSSR count). The van der Waals surface area contributed by atoms with Crippen LogP contribution in [-0.2, 0) is 0 Å². The van der Waals surface area contributed by atoms with Gasteiger partial charge in [0.05, 0.1) is 22.2 Å². The molecular weight excluding hydrogens is 502 g/mol. The lowest BCUT2D eigenvalue weighted by atomic mass is 9.99. The van der Waals surface area contributed by atoms with Gasteiger partial charge in [0, 0.05) is 43.3 Å². The van der Waals surface area contributed by atoms with Crippen molar-refractivity contribution in [3.05, 3.63) is 127 Å². The molecule has 3 heterocycles. The molecule has 0 unspecified atom stereocenters. The first-order valence-electron chi connectivity index (χ1n) is 13.9. The van der Waals surface area contributed by atoms with Crippen LogP contribution in [0.15, 0.2) is 126 Å². The van der Waals surface area contributed by atoms with E-state index < -0.39 is 0 Å². The molecule has 0 spiro atoms. The second-order valence-electron chi connectivity index (χ2n) is 10.7. The van der Waals surface area contributed by atoms with E-state index in [9.17, 15) is 0 Å². The summed E-state index contributed by atoms with van der Waals surface area (Å²) in [6, 6.07) is 42.2. The minimum Gasteiger partial charge on any atom is -0.455 e. The van der Waals surface area contributed by atoms with Crippen molar-refractivity contribution in [3.63, 3.8) is 0 Å². The number of aromatic nitrogens is 3. The van der Waals surface area contributed by atoms with Gasteiger partial charge in [-0.1, -0.05) is 103 Å². The quantitative estimate of drug-likeness (QED) is 0.226. The standard InChI is InChI=1S/C37H23N3O/c1-22-19-20-30-28(21-22)32-33-27-16-8-10-18-31(27)41-36(33)25-14-6-5-13-24(25)35(32)40(30)37-38-29-17-9-7-15-26(29)34(39-37)23-11-3-2-4-12-23/h2-21H,1H3. The first kappa shape index (κ1) is 22.3. The molecule has 9 aromatic rings. The van der Waals surface area contributed by atoms with Crippen molar-refractivity contribution in [2.24, 2.45) is 0 Å². The van der Waals surface area contributed by atoms with E-state index in [-0.39, 0.29) is 0 Å². The van der Waals surface area contributed by atoms with Gasteiger partial charge in [0.2, 0.25) is 5.95 Å². The Morgan fingerprint density at radius 3 is 2.15 bits per heavy atom. The number of benzene rings is 6. The molecule has 0 radical (unpaired) electrons. The Hall–Kier alpha value is -5.48. The van der Waals surface area contributed by atoms with Crippen molar-refractivity contribution in [2.45, 2.75) is 6.92 Å². The third-order valence-corrected chi connectivity index (χ3v) is 8.23. The normalized spacial score (nSPS) is 12.0. The molecule has 0 aliphatic carbocycles. The van der Waals surface area contributed by atoms with Gasteiger partial charge < -0.3 is 4.42 Å². The molecule has 0 atom stereocenters. The van der Waals surface area contributed by atoms with Crippen LogP contribution in [0.1, 0.15) is 5.56 Å². The Morgan fingerprint density at radius 2 is 1.29 bits per heavy atom. The van der Waals surface area contributed by atoms with Crippen molar-refractivity contribution in [3.8, 4) is 17.2 Å². The summed E-state index contributed by atoms with van der Waals surface area (Å²) in [6.07, 6.45) is 0. The number of rotatable bonds is 2. The largest absolute Gasteiger partial charge is 0.455 e. The molecule has 192 valence electrons. The number of fused-ring (bicyclic) bond motifs is 11. The summed E-state index contributed by atoms with van der Waals surface area (Å²) in [7, 11) is 0. The van der Waals surface area contributed by atoms with E-state index in [1.165, 1.54) is 16.3 Å². The van der Waals surface area contributed by atoms with Crippen LogP contribution in [-0.4, -0.2) is 14.5 Å². The monoisotopic (exact) mass is 525 g/mol. The summed E-state index contributed by atoms with van der Waals surface area (Å²) in [4.78, 5) is 10.5. The first-order chi connectivity index (χ1) is 20.3. The third kappa shape index (κ3) is 3.10. The smallest absolute Gasteiger partial charge is 0.235 e. The Balaban J connectivity index is 1.55. The first-order valence-corrected chi connectivity index (χ1v) is 13.9. The fraction of sp³-hybridized carbons (Fsp3) is 0.0270. The van der Waals surface area contributed by atoms with Gasteiger partial charge in [0.15, 0.2) is 0 Å². The highest BCUT2D eigenvalue weighted by Crippen LogP contribution is 2.46. The summed E-state index contributed by atoms with van der Waals surface area (Å²) < 4.78 is 8.82. The number of hydrogen-bond acceptors (Lipinski definition) is 3. The van der Waals surface area contributed by atoms with Gasteiger partial charge in [-0.25, -0.2) is 9.97 Å². The lowest BCUT2D eigenvalue weighted by Gasteiger charge is -2.13. The lowest BCUT2D eigenvalue weighted by Crippen LogP contribution is -2.03. The van der Waals surface area contributed by atoms with Gasteiger partial charge in [-0.05, 0) is 31.2 Å². The van der Waals surface area contributed by atoms with Crippen molar-refractivity contribution < 1.29 is 4.42 Å². The molecule has 41 heavy (non-hydrogen) atoms. The van der Waals surface area contributed by atoms with E-state index in [4.69, 9.17) is 14.4 Å². The van der Waals surface area contributed by atoms with E-state index in [0.29, 0.717) is 5.95 Å². The van der Waals surface area contributed by atoms with E-state index in [0.717, 1.165) is 65.9 Å². The Labute approximate surface area is 235 Å². The predicted octanol–water partition coefficient (Wildman–Crippen LogP) is 9.75. The van der Waals surface area contributed by atoms with E-state index in [2.05, 4.69) is 115 Å². The molecule has 3 aromatic heterocycles. The summed E-state index contributed by atoms with van der Waals surface area (Å²) >= 11 is 0. The highest BCUT2D eigenvalue weighted by molar-refractivity contribution is 6.35. The molecule has 0 aliphatic rings. The Kier molecular flexibility index (Phi) is 4.50. The molecule has 0 aliphatic heterocycles. The van der Waals surface area contributed by atoms with Crippen LogP contribution in [0.3, 0.4) is 0 Å². The summed E-state index contributed by atoms with van der Waals surface area (Å²) in [5.41, 5.74) is 8.08. The van der Waals surface area contributed by atoms with Gasteiger partial charge in [-0.15, -0.1) is 0 Å². The van der Waals surface area contributed by atoms with Crippen LogP contribution in [0.2, 0.25) is 0 Å². The number of furan rings is 1. The lowest BCUT2D eigenvalue weighted by molar-refractivity contribution is 0.673. The summed E-state index contributed by atoms with van der Waals surface area (Å²) in [5, 5.41) is 7.81. The highest BCUT2D eigenvalue weighted by Gasteiger charge is 2.24. The maximum Gasteiger partial charge on any atom is 0.235 e. The Morgan fingerprint density at radius 1 is 0.585 bits per heavy atom. The molecule has 4 nitrogen and oxygen atoms in total. The van der Waals surface area contributed by atoms with Crippen LogP contribution < -0.4 is 0 Å². The van der Waals surface area contributed by atoms with Gasteiger partial charge in [-0.3, -0.25) is 4.57 Å². The van der Waals surface area contributed by atoms with Gasteiger partial charge in [-0.2, -0.15) is 0 Å². The van der Waals surface area contributed by atoms with Crippen LogP contribution in [0.4, 0.5) is 0 Å². The summed E-state index contributed by atoms with van der Waals surface area (Å²) in [5.74, 6) is 0.656. The van der Waals surface area contributed by atoms with Crippen LogP contribution in [0.5, 0.6) is 0 Å². The molecule has 0 saturated carbocycles. The number of nitrogens with zero attached hydrogens (tertiary/aromatic N) is 3. The number of para-hydroxylation sites is 2. The third-order valence-electron chi connectivity index (χ3n) is 8.23. The SMILES string of the molecule is Cc1ccc2c(c1)c1c3c4ccccc4oc3c3ccccc3c1n2-c1nc(-c2ccccc2)c2ccccc2n1. The molecule has 0 saturated heterocycles. The number of hydrogen-bond donors (Lipinski definition) is 0. The minimum atomic E-state index is 0.656. The molecule has 6 aromatic carbocycles. The van der Waals surface area contributed by atoms with E-state index in [1.54, 1.807) is 0 Å². The van der Waals surface area contributed by atoms with E-state index >= 15 is 0 Å². The molecule has 0 fully saturated rings. The van der Waals surface area contributed by atoms with Crippen molar-refractivity contribution in [2.75, 3.05) is 0 Å². The van der Waals surface area contributed by atoms with Crippen molar-refractivity contribution in [1.29, 1.82) is 0 Å². The van der Waals surface area contributed by atoms with E-state index in [1.807, 2.05) is 18.2 Å². The van der Waals surface area contributed by atoms with Crippen LogP contribution in [0, 0.1) is 6.92 Å². The van der Waals surface area contributed by atoms with Gasteiger partial charge in [0.1, 0.15) is 11.2 Å².